The monoisotopic (exact) mass is 348 g/mol. The van der Waals surface area contributed by atoms with Gasteiger partial charge in [-0.3, -0.25) is 9.10 Å². The van der Waals surface area contributed by atoms with Gasteiger partial charge in [0.2, 0.25) is 10.0 Å². The minimum Gasteiger partial charge on any atom is -0.484 e. The molecule has 0 spiro atoms. The average molecular weight is 348 g/mol. The predicted molar refractivity (Wildman–Crippen MR) is 95.0 cm³/mol. The standard InChI is InChI=1S/C17H20N2O4S/c1-13-5-4-6-14(11-13)18-17(20)12-23-16-9-7-15(8-10-16)19(2)24(3,21)22/h4-11H,12H2,1-3H3,(H,18,20). The van der Waals surface area contributed by atoms with E-state index in [-0.39, 0.29) is 12.5 Å². The number of carbonyl (C=O) groups excluding carboxylic acids is 1. The summed E-state index contributed by atoms with van der Waals surface area (Å²) < 4.78 is 29.5. The van der Waals surface area contributed by atoms with Gasteiger partial charge >= 0.3 is 0 Å². The molecule has 128 valence electrons. The summed E-state index contributed by atoms with van der Waals surface area (Å²) in [5.74, 6) is 0.220. The Labute approximate surface area is 142 Å². The van der Waals surface area contributed by atoms with Crippen LogP contribution in [0.25, 0.3) is 0 Å². The van der Waals surface area contributed by atoms with E-state index in [2.05, 4.69) is 5.32 Å². The van der Waals surface area contributed by atoms with Crippen LogP contribution in [0.4, 0.5) is 11.4 Å². The summed E-state index contributed by atoms with van der Waals surface area (Å²) >= 11 is 0. The van der Waals surface area contributed by atoms with E-state index in [0.717, 1.165) is 11.8 Å². The summed E-state index contributed by atoms with van der Waals surface area (Å²) in [5.41, 5.74) is 2.29. The van der Waals surface area contributed by atoms with Gasteiger partial charge in [-0.2, -0.15) is 0 Å². The highest BCUT2D eigenvalue weighted by Gasteiger charge is 2.11. The van der Waals surface area contributed by atoms with E-state index in [4.69, 9.17) is 4.74 Å². The first kappa shape index (κ1) is 17.8. The van der Waals surface area contributed by atoms with Crippen molar-refractivity contribution in [3.05, 3.63) is 54.1 Å². The first-order chi connectivity index (χ1) is 11.3. The number of carbonyl (C=O) groups is 1. The van der Waals surface area contributed by atoms with Crippen LogP contribution in [-0.2, 0) is 14.8 Å². The van der Waals surface area contributed by atoms with Crippen LogP contribution in [0, 0.1) is 6.92 Å². The predicted octanol–water partition coefficient (Wildman–Crippen LogP) is 2.41. The molecule has 2 aromatic carbocycles. The van der Waals surface area contributed by atoms with Crippen molar-refractivity contribution in [1.82, 2.24) is 0 Å². The number of rotatable bonds is 6. The number of anilines is 2. The SMILES string of the molecule is Cc1cccc(NC(=O)COc2ccc(N(C)S(C)(=O)=O)cc2)c1. The molecule has 6 nitrogen and oxygen atoms in total. The lowest BCUT2D eigenvalue weighted by Gasteiger charge is -2.16. The third-order valence-corrected chi connectivity index (χ3v) is 4.58. The third kappa shape index (κ3) is 4.99. The van der Waals surface area contributed by atoms with Crippen molar-refractivity contribution in [1.29, 1.82) is 0 Å². The van der Waals surface area contributed by atoms with Crippen molar-refractivity contribution >= 4 is 27.3 Å². The van der Waals surface area contributed by atoms with Crippen LogP contribution in [0.2, 0.25) is 0 Å². The van der Waals surface area contributed by atoms with Crippen LogP contribution in [0.15, 0.2) is 48.5 Å². The van der Waals surface area contributed by atoms with Crippen molar-refractivity contribution in [3.63, 3.8) is 0 Å². The van der Waals surface area contributed by atoms with Crippen molar-refractivity contribution < 1.29 is 17.9 Å². The lowest BCUT2D eigenvalue weighted by atomic mass is 10.2. The molecule has 0 aliphatic heterocycles. The Morgan fingerprint density at radius 3 is 2.42 bits per heavy atom. The molecule has 0 aliphatic carbocycles. The molecule has 7 heteroatoms. The van der Waals surface area contributed by atoms with E-state index in [9.17, 15) is 13.2 Å². The molecular weight excluding hydrogens is 328 g/mol. The number of nitrogens with zero attached hydrogens (tertiary/aromatic N) is 1. The maximum atomic E-state index is 11.9. The fourth-order valence-corrected chi connectivity index (χ4v) is 2.52. The molecule has 0 radical (unpaired) electrons. The molecule has 0 saturated carbocycles. The van der Waals surface area contributed by atoms with Crippen LogP contribution in [-0.4, -0.2) is 34.2 Å². The highest BCUT2D eigenvalue weighted by molar-refractivity contribution is 7.92. The van der Waals surface area contributed by atoms with Gasteiger partial charge in [-0.15, -0.1) is 0 Å². The molecule has 0 heterocycles. The zero-order valence-corrected chi connectivity index (χ0v) is 14.6. The van der Waals surface area contributed by atoms with Crippen LogP contribution in [0.3, 0.4) is 0 Å². The van der Waals surface area contributed by atoms with Gasteiger partial charge in [-0.1, -0.05) is 12.1 Å². The lowest BCUT2D eigenvalue weighted by Crippen LogP contribution is -2.24. The molecular formula is C17H20N2O4S. The van der Waals surface area contributed by atoms with Crippen LogP contribution in [0.1, 0.15) is 5.56 Å². The maximum Gasteiger partial charge on any atom is 0.262 e. The molecule has 0 fully saturated rings. The van der Waals surface area contributed by atoms with Crippen LogP contribution >= 0.6 is 0 Å². The minimum atomic E-state index is -3.30. The zero-order chi connectivity index (χ0) is 17.7. The molecule has 0 aromatic heterocycles. The molecule has 0 aliphatic rings. The minimum absolute atomic E-state index is 0.130. The summed E-state index contributed by atoms with van der Waals surface area (Å²) in [7, 11) is -1.83. The van der Waals surface area contributed by atoms with Gasteiger partial charge in [0.05, 0.1) is 11.9 Å². The van der Waals surface area contributed by atoms with E-state index < -0.39 is 10.0 Å². The second kappa shape index (κ2) is 7.35. The number of hydrogen-bond donors (Lipinski definition) is 1. The molecule has 0 saturated heterocycles. The molecule has 2 rings (SSSR count). The van der Waals surface area contributed by atoms with Crippen molar-refractivity contribution in [3.8, 4) is 5.75 Å². The summed E-state index contributed by atoms with van der Waals surface area (Å²) in [6.07, 6.45) is 1.13. The van der Waals surface area contributed by atoms with Gasteiger partial charge in [-0.05, 0) is 48.9 Å². The molecule has 0 bridgehead atoms. The Balaban J connectivity index is 1.91. The largest absolute Gasteiger partial charge is 0.484 e. The zero-order valence-electron chi connectivity index (χ0n) is 13.8. The smallest absolute Gasteiger partial charge is 0.262 e. The number of benzene rings is 2. The molecule has 1 amide bonds. The normalized spacial score (nSPS) is 11.0. The summed E-state index contributed by atoms with van der Waals surface area (Å²) in [6, 6.07) is 14.0. The number of nitrogens with one attached hydrogen (secondary N) is 1. The number of amides is 1. The van der Waals surface area contributed by atoms with Gasteiger partial charge in [0.15, 0.2) is 6.61 Å². The van der Waals surface area contributed by atoms with Crippen LogP contribution in [0.5, 0.6) is 5.75 Å². The fourth-order valence-electron chi connectivity index (χ4n) is 2.01. The number of aryl methyl sites for hydroxylation is 1. The topological polar surface area (TPSA) is 75.7 Å². The van der Waals surface area contributed by atoms with E-state index in [1.807, 2.05) is 25.1 Å². The van der Waals surface area contributed by atoms with Gasteiger partial charge in [0.1, 0.15) is 5.75 Å². The fraction of sp³-hybridized carbons (Fsp3) is 0.235. The number of ether oxygens (including phenoxy) is 1. The van der Waals surface area contributed by atoms with Gasteiger partial charge in [0.25, 0.3) is 5.91 Å². The summed E-state index contributed by atoms with van der Waals surface area (Å²) in [4.78, 5) is 11.9. The Morgan fingerprint density at radius 1 is 1.17 bits per heavy atom. The first-order valence-corrected chi connectivity index (χ1v) is 9.14. The highest BCUT2D eigenvalue weighted by Crippen LogP contribution is 2.20. The summed E-state index contributed by atoms with van der Waals surface area (Å²) in [5, 5.41) is 2.75. The average Bonchev–Trinajstić information content (AvgIpc) is 2.52. The molecule has 2 aromatic rings. The number of sulfonamides is 1. The van der Waals surface area contributed by atoms with Gasteiger partial charge in [-0.25, -0.2) is 8.42 Å². The lowest BCUT2D eigenvalue weighted by molar-refractivity contribution is -0.118. The van der Waals surface area contributed by atoms with Gasteiger partial charge in [0, 0.05) is 12.7 Å². The van der Waals surface area contributed by atoms with Crippen molar-refractivity contribution in [2.45, 2.75) is 6.92 Å². The van der Waals surface area contributed by atoms with E-state index in [1.165, 1.54) is 11.4 Å². The van der Waals surface area contributed by atoms with E-state index in [0.29, 0.717) is 17.1 Å². The Hall–Kier alpha value is -2.54. The Kier molecular flexibility index (Phi) is 5.46. The van der Waals surface area contributed by atoms with E-state index in [1.54, 1.807) is 30.3 Å². The van der Waals surface area contributed by atoms with E-state index >= 15 is 0 Å². The molecule has 24 heavy (non-hydrogen) atoms. The maximum absolute atomic E-state index is 11.9. The first-order valence-electron chi connectivity index (χ1n) is 7.29. The Bertz CT molecular complexity index is 817. The second-order valence-corrected chi connectivity index (χ2v) is 7.44. The molecule has 1 N–H and O–H groups in total. The summed E-state index contributed by atoms with van der Waals surface area (Å²) in [6.45, 7) is 1.82. The van der Waals surface area contributed by atoms with Gasteiger partial charge < -0.3 is 10.1 Å². The van der Waals surface area contributed by atoms with Crippen LogP contribution < -0.4 is 14.4 Å². The highest BCUT2D eigenvalue weighted by atomic mass is 32.2. The molecule has 0 atom stereocenters. The third-order valence-electron chi connectivity index (χ3n) is 3.37. The Morgan fingerprint density at radius 2 is 1.83 bits per heavy atom. The van der Waals surface area contributed by atoms with Crippen molar-refractivity contribution in [2.24, 2.45) is 0 Å². The number of hydrogen-bond acceptors (Lipinski definition) is 4. The quantitative estimate of drug-likeness (QED) is 0.870. The second-order valence-electron chi connectivity index (χ2n) is 5.43. The molecule has 0 unspecified atom stereocenters. The van der Waals surface area contributed by atoms with Crippen molar-refractivity contribution in [2.75, 3.05) is 29.5 Å².